The Bertz CT molecular complexity index is 3840. The standard InChI is InChI=1S/C70H72BN3S/c1-66(2,3)44-25-31-49(32-26-44)72(50-33-27-45(28-34-50)67(4,5)6)51-41-59-62-60(42-51)74-63-54(65-64(74)52-23-19-20-24-61(52)75-65)38-48(70(13,14)15)39-56(63)71(62)55-35-29-47(69(10,11)12)40-58(55)73(59)57-36-30-46(68(7,8)9)37-53(57)43-21-17-16-18-22-43/h16-42H,1-15H3. The Hall–Kier alpha value is -6.82. The van der Waals surface area contributed by atoms with Crippen LogP contribution in [0.4, 0.5) is 34.1 Å². The average Bonchev–Trinajstić information content (AvgIpc) is 3.92. The van der Waals surface area contributed by atoms with Gasteiger partial charge in [-0.1, -0.05) is 201 Å². The lowest BCUT2D eigenvalue weighted by Crippen LogP contribution is -2.60. The highest BCUT2D eigenvalue weighted by molar-refractivity contribution is 7.26. The van der Waals surface area contributed by atoms with Crippen molar-refractivity contribution >= 4 is 99.8 Å². The van der Waals surface area contributed by atoms with Crippen LogP contribution in [0.25, 0.3) is 48.0 Å². The van der Waals surface area contributed by atoms with Crippen LogP contribution in [-0.4, -0.2) is 11.3 Å². The molecular weight excluding hydrogens is 926 g/mol. The molecule has 0 unspecified atom stereocenters. The van der Waals surface area contributed by atoms with Gasteiger partial charge in [-0.05, 0) is 144 Å². The molecule has 0 atom stereocenters. The minimum absolute atomic E-state index is 0.0102. The third-order valence-corrected chi connectivity index (χ3v) is 17.5. The molecule has 2 aliphatic heterocycles. The number of hydrogen-bond acceptors (Lipinski definition) is 3. The van der Waals surface area contributed by atoms with Gasteiger partial charge in [0.2, 0.25) is 0 Å². The van der Waals surface area contributed by atoms with Crippen LogP contribution in [-0.2, 0) is 27.1 Å². The minimum atomic E-state index is -0.0896. The van der Waals surface area contributed by atoms with Crippen molar-refractivity contribution in [3.8, 4) is 16.8 Å². The van der Waals surface area contributed by atoms with Gasteiger partial charge in [0.1, 0.15) is 0 Å². The molecule has 0 N–H and O–H groups in total. The maximum Gasteiger partial charge on any atom is 0.252 e. The molecule has 2 aromatic heterocycles. The van der Waals surface area contributed by atoms with Crippen molar-refractivity contribution in [3.63, 3.8) is 0 Å². The summed E-state index contributed by atoms with van der Waals surface area (Å²) in [6.07, 6.45) is 0. The number of anilines is 6. The molecular formula is C70H72BN3S. The van der Waals surface area contributed by atoms with Gasteiger partial charge in [-0.25, -0.2) is 0 Å². The van der Waals surface area contributed by atoms with Crippen LogP contribution in [0.15, 0.2) is 164 Å². The zero-order chi connectivity index (χ0) is 52.9. The molecule has 8 aromatic carbocycles. The van der Waals surface area contributed by atoms with Crippen molar-refractivity contribution in [2.45, 2.75) is 131 Å². The number of aromatic nitrogens is 1. The molecule has 10 aromatic rings. The molecule has 0 spiro atoms. The van der Waals surface area contributed by atoms with Crippen molar-refractivity contribution in [3.05, 3.63) is 192 Å². The first kappa shape index (κ1) is 49.1. The molecule has 0 bridgehead atoms. The van der Waals surface area contributed by atoms with Crippen LogP contribution in [0.1, 0.15) is 132 Å². The smallest absolute Gasteiger partial charge is 0.252 e. The SMILES string of the molecule is CC(C)(C)c1ccc(N(c2ccc(C(C)(C)C)cc2)c2cc3c4c(c2)-n2c5c(cc(C(C)(C)C)cc5c5sc6ccccc6c52)B4c2ccc(C(C)(C)C)cc2N3c2ccc(C(C)(C)C)cc2-c2ccccc2)cc1. The Kier molecular flexibility index (Phi) is 11.0. The van der Waals surface area contributed by atoms with Crippen LogP contribution in [0.2, 0.25) is 0 Å². The molecule has 2 aliphatic rings. The Labute approximate surface area is 451 Å². The monoisotopic (exact) mass is 998 g/mol. The number of rotatable bonds is 5. The van der Waals surface area contributed by atoms with E-state index in [9.17, 15) is 0 Å². The molecule has 4 heterocycles. The predicted octanol–water partition coefficient (Wildman–Crippen LogP) is 18.2. The Morgan fingerprint density at radius 1 is 0.387 bits per heavy atom. The van der Waals surface area contributed by atoms with Gasteiger partial charge in [-0.15, -0.1) is 11.3 Å². The zero-order valence-electron chi connectivity index (χ0n) is 46.9. The Balaban J connectivity index is 1.27. The van der Waals surface area contributed by atoms with E-state index in [1.165, 1.54) is 109 Å². The summed E-state index contributed by atoms with van der Waals surface area (Å²) in [6.45, 7) is 35.0. The average molecular weight is 998 g/mol. The largest absolute Gasteiger partial charge is 0.311 e. The summed E-state index contributed by atoms with van der Waals surface area (Å²) in [5.74, 6) is 0. The molecule has 12 rings (SSSR count). The number of hydrogen-bond donors (Lipinski definition) is 0. The van der Waals surface area contributed by atoms with Crippen LogP contribution in [0.3, 0.4) is 0 Å². The summed E-state index contributed by atoms with van der Waals surface area (Å²) in [7, 11) is 0. The number of nitrogens with zero attached hydrogens (tertiary/aromatic N) is 3. The summed E-state index contributed by atoms with van der Waals surface area (Å²) in [5.41, 5.74) is 23.8. The highest BCUT2D eigenvalue weighted by Crippen LogP contribution is 2.51. The lowest BCUT2D eigenvalue weighted by Gasteiger charge is -2.43. The Morgan fingerprint density at radius 3 is 1.52 bits per heavy atom. The molecule has 0 radical (unpaired) electrons. The second-order valence-corrected chi connectivity index (χ2v) is 27.8. The molecule has 3 nitrogen and oxygen atoms in total. The number of thiophene rings is 1. The third-order valence-electron chi connectivity index (χ3n) is 16.3. The number of fused-ring (bicyclic) bond motifs is 9. The fraction of sp³-hybridized carbons (Fsp3) is 0.286. The van der Waals surface area contributed by atoms with E-state index in [1.807, 2.05) is 11.3 Å². The zero-order valence-corrected chi connectivity index (χ0v) is 47.7. The van der Waals surface area contributed by atoms with Crippen LogP contribution in [0.5, 0.6) is 0 Å². The highest BCUT2D eigenvalue weighted by atomic mass is 32.1. The molecule has 0 aliphatic carbocycles. The summed E-state index contributed by atoms with van der Waals surface area (Å²) >= 11 is 1.95. The van der Waals surface area contributed by atoms with Gasteiger partial charge in [0.05, 0.1) is 27.1 Å². The topological polar surface area (TPSA) is 11.4 Å². The van der Waals surface area contributed by atoms with Gasteiger partial charge in [-0.2, -0.15) is 0 Å². The van der Waals surface area contributed by atoms with E-state index in [1.54, 1.807) is 0 Å². The van der Waals surface area contributed by atoms with Crippen LogP contribution in [0, 0.1) is 0 Å². The van der Waals surface area contributed by atoms with Gasteiger partial charge in [0, 0.05) is 49.5 Å². The minimum Gasteiger partial charge on any atom is -0.311 e. The molecule has 376 valence electrons. The normalized spacial score (nSPS) is 13.7. The van der Waals surface area contributed by atoms with Crippen molar-refractivity contribution in [1.29, 1.82) is 0 Å². The van der Waals surface area contributed by atoms with E-state index in [4.69, 9.17) is 0 Å². The van der Waals surface area contributed by atoms with Crippen LogP contribution >= 0.6 is 11.3 Å². The second-order valence-electron chi connectivity index (χ2n) is 26.8. The lowest BCUT2D eigenvalue weighted by molar-refractivity contribution is 0.590. The van der Waals surface area contributed by atoms with Crippen LogP contribution < -0.4 is 26.2 Å². The first-order valence-electron chi connectivity index (χ1n) is 27.2. The van der Waals surface area contributed by atoms with Gasteiger partial charge in [-0.3, -0.25) is 0 Å². The predicted molar refractivity (Wildman–Crippen MR) is 329 cm³/mol. The van der Waals surface area contributed by atoms with E-state index in [-0.39, 0.29) is 33.8 Å². The molecule has 5 heteroatoms. The first-order valence-corrected chi connectivity index (χ1v) is 28.0. The summed E-state index contributed by atoms with van der Waals surface area (Å²) in [6, 6.07) is 63.8. The quantitative estimate of drug-likeness (QED) is 0.159. The lowest BCUT2D eigenvalue weighted by atomic mass is 9.33. The maximum atomic E-state index is 2.70. The van der Waals surface area contributed by atoms with E-state index < -0.39 is 0 Å². The second kappa shape index (κ2) is 16.8. The molecule has 0 amide bonds. The summed E-state index contributed by atoms with van der Waals surface area (Å²) in [5, 5.41) is 2.65. The fourth-order valence-electron chi connectivity index (χ4n) is 12.0. The first-order chi connectivity index (χ1) is 35.4. The van der Waals surface area contributed by atoms with Crippen molar-refractivity contribution in [2.24, 2.45) is 0 Å². The van der Waals surface area contributed by atoms with E-state index >= 15 is 0 Å². The highest BCUT2D eigenvalue weighted by Gasteiger charge is 2.45. The van der Waals surface area contributed by atoms with Crippen molar-refractivity contribution < 1.29 is 0 Å². The molecule has 75 heavy (non-hydrogen) atoms. The van der Waals surface area contributed by atoms with Gasteiger partial charge < -0.3 is 14.4 Å². The molecule has 0 saturated heterocycles. The maximum absolute atomic E-state index is 2.70. The van der Waals surface area contributed by atoms with Gasteiger partial charge >= 0.3 is 0 Å². The van der Waals surface area contributed by atoms with Gasteiger partial charge in [0.15, 0.2) is 0 Å². The molecule has 0 fully saturated rings. The third kappa shape index (κ3) is 8.06. The molecule has 0 saturated carbocycles. The number of benzene rings is 8. The van der Waals surface area contributed by atoms with Crippen molar-refractivity contribution in [1.82, 2.24) is 4.57 Å². The summed E-state index contributed by atoms with van der Waals surface area (Å²) < 4.78 is 5.37. The fourth-order valence-corrected chi connectivity index (χ4v) is 13.2. The van der Waals surface area contributed by atoms with E-state index in [0.29, 0.717) is 0 Å². The van der Waals surface area contributed by atoms with E-state index in [2.05, 4.69) is 282 Å². The van der Waals surface area contributed by atoms with E-state index in [0.717, 1.165) is 17.1 Å². The van der Waals surface area contributed by atoms with Gasteiger partial charge in [0.25, 0.3) is 6.71 Å². The summed E-state index contributed by atoms with van der Waals surface area (Å²) in [4.78, 5) is 5.19. The van der Waals surface area contributed by atoms with Crippen molar-refractivity contribution in [2.75, 3.05) is 9.80 Å². The Morgan fingerprint density at radius 2 is 0.920 bits per heavy atom.